The maximum atomic E-state index is 6.14. The second kappa shape index (κ2) is 9.62. The molecular formula is C21H27ClO. The van der Waals surface area contributed by atoms with E-state index in [9.17, 15) is 0 Å². The normalized spacial score (nSPS) is 10.7. The molecular weight excluding hydrogens is 304 g/mol. The van der Waals surface area contributed by atoms with E-state index in [4.69, 9.17) is 16.3 Å². The highest BCUT2D eigenvalue weighted by Gasteiger charge is 2.13. The van der Waals surface area contributed by atoms with Crippen LogP contribution in [0.1, 0.15) is 44.2 Å². The van der Waals surface area contributed by atoms with Crippen LogP contribution in [0.3, 0.4) is 0 Å². The van der Waals surface area contributed by atoms with Gasteiger partial charge in [0.05, 0.1) is 6.61 Å². The topological polar surface area (TPSA) is 9.23 Å². The maximum absolute atomic E-state index is 6.14. The summed E-state index contributed by atoms with van der Waals surface area (Å²) in [6.07, 6.45) is 5.28. The number of alkyl halides is 1. The van der Waals surface area contributed by atoms with Crippen molar-refractivity contribution in [3.63, 3.8) is 0 Å². The second-order valence-corrected chi connectivity index (χ2v) is 6.13. The van der Waals surface area contributed by atoms with E-state index >= 15 is 0 Å². The van der Waals surface area contributed by atoms with Crippen LogP contribution in [0.2, 0.25) is 0 Å². The van der Waals surface area contributed by atoms with Gasteiger partial charge in [0.25, 0.3) is 0 Å². The smallest absolute Gasteiger partial charge is 0.127 e. The Morgan fingerprint density at radius 3 is 2.30 bits per heavy atom. The van der Waals surface area contributed by atoms with Gasteiger partial charge in [-0.3, -0.25) is 0 Å². The first kappa shape index (κ1) is 17.9. The Labute approximate surface area is 145 Å². The Hall–Kier alpha value is -1.47. The predicted octanol–water partition coefficient (Wildman–Crippen LogP) is 6.27. The molecule has 1 nitrogen and oxygen atoms in total. The van der Waals surface area contributed by atoms with Crippen LogP contribution < -0.4 is 4.74 Å². The molecule has 0 radical (unpaired) electrons. The van der Waals surface area contributed by atoms with Crippen molar-refractivity contribution in [1.82, 2.24) is 0 Å². The molecule has 0 aliphatic heterocycles. The Balaban J connectivity index is 2.29. The van der Waals surface area contributed by atoms with Crippen molar-refractivity contribution in [3.8, 4) is 16.9 Å². The summed E-state index contributed by atoms with van der Waals surface area (Å²) in [5, 5.41) is 0. The molecule has 0 saturated heterocycles. The summed E-state index contributed by atoms with van der Waals surface area (Å²) in [7, 11) is 0. The summed E-state index contributed by atoms with van der Waals surface area (Å²) in [4.78, 5) is 0. The van der Waals surface area contributed by atoms with E-state index in [-0.39, 0.29) is 0 Å². The van der Waals surface area contributed by atoms with Crippen LogP contribution in [-0.2, 0) is 12.8 Å². The average molecular weight is 331 g/mol. The molecule has 0 amide bonds. The van der Waals surface area contributed by atoms with E-state index in [1.54, 1.807) is 0 Å². The monoisotopic (exact) mass is 330 g/mol. The van der Waals surface area contributed by atoms with Gasteiger partial charge in [-0.15, -0.1) is 11.6 Å². The summed E-state index contributed by atoms with van der Waals surface area (Å²) in [5.74, 6) is 1.75. The van der Waals surface area contributed by atoms with Crippen molar-refractivity contribution in [1.29, 1.82) is 0 Å². The van der Waals surface area contributed by atoms with Crippen molar-refractivity contribution < 1.29 is 4.74 Å². The second-order valence-electron chi connectivity index (χ2n) is 5.75. The van der Waals surface area contributed by atoms with Crippen LogP contribution in [0.5, 0.6) is 5.75 Å². The van der Waals surface area contributed by atoms with Crippen molar-refractivity contribution in [2.45, 2.75) is 46.0 Å². The number of hydrogen-bond acceptors (Lipinski definition) is 1. The highest BCUT2D eigenvalue weighted by molar-refractivity contribution is 6.17. The summed E-state index contributed by atoms with van der Waals surface area (Å²) < 4.78 is 6.14. The number of unbranched alkanes of at least 4 members (excludes halogenated alkanes) is 2. The number of aryl methyl sites for hydroxylation is 2. The summed E-state index contributed by atoms with van der Waals surface area (Å²) in [6, 6.07) is 15.1. The highest BCUT2D eigenvalue weighted by Crippen LogP contribution is 2.36. The van der Waals surface area contributed by atoms with Gasteiger partial charge >= 0.3 is 0 Å². The molecule has 2 aromatic carbocycles. The zero-order valence-corrected chi connectivity index (χ0v) is 15.0. The van der Waals surface area contributed by atoms with Gasteiger partial charge in [-0.1, -0.05) is 50.2 Å². The minimum absolute atomic E-state index is 0.737. The molecule has 0 N–H and O–H groups in total. The molecule has 23 heavy (non-hydrogen) atoms. The SMILES string of the molecule is CCc1ccccc1-c1c(CC)cccc1OCCCCCCl. The van der Waals surface area contributed by atoms with Crippen molar-refractivity contribution >= 4 is 11.6 Å². The van der Waals surface area contributed by atoms with Crippen LogP contribution in [0.15, 0.2) is 42.5 Å². The lowest BCUT2D eigenvalue weighted by Gasteiger charge is -2.17. The van der Waals surface area contributed by atoms with E-state index in [1.165, 1.54) is 22.3 Å². The molecule has 0 fully saturated rings. The fourth-order valence-electron chi connectivity index (χ4n) is 2.93. The van der Waals surface area contributed by atoms with E-state index in [0.717, 1.165) is 50.3 Å². The van der Waals surface area contributed by atoms with Crippen molar-refractivity contribution in [3.05, 3.63) is 53.6 Å². The standard InChI is InChI=1S/C21H27ClO/c1-3-17-11-6-7-13-19(17)21-18(4-2)12-10-14-20(21)23-16-9-5-8-15-22/h6-7,10-14H,3-5,8-9,15-16H2,1-2H3. The molecule has 0 aliphatic carbocycles. The van der Waals surface area contributed by atoms with Crippen LogP contribution in [-0.4, -0.2) is 12.5 Å². The first-order chi connectivity index (χ1) is 11.3. The lowest BCUT2D eigenvalue weighted by molar-refractivity contribution is 0.307. The van der Waals surface area contributed by atoms with Crippen molar-refractivity contribution in [2.75, 3.05) is 12.5 Å². The third kappa shape index (κ3) is 4.75. The first-order valence-electron chi connectivity index (χ1n) is 8.70. The van der Waals surface area contributed by atoms with Gasteiger partial charge in [0.1, 0.15) is 5.75 Å². The molecule has 0 aromatic heterocycles. The lowest BCUT2D eigenvalue weighted by Crippen LogP contribution is -2.02. The van der Waals surface area contributed by atoms with Gasteiger partial charge < -0.3 is 4.74 Å². The predicted molar refractivity (Wildman–Crippen MR) is 101 cm³/mol. The Morgan fingerprint density at radius 1 is 0.826 bits per heavy atom. The number of benzene rings is 2. The molecule has 0 bridgehead atoms. The van der Waals surface area contributed by atoms with Crippen LogP contribution >= 0.6 is 11.6 Å². The fraction of sp³-hybridized carbons (Fsp3) is 0.429. The molecule has 0 saturated carbocycles. The van der Waals surface area contributed by atoms with Crippen molar-refractivity contribution in [2.24, 2.45) is 0 Å². The Kier molecular flexibility index (Phi) is 7.48. The minimum Gasteiger partial charge on any atom is -0.493 e. The number of rotatable bonds is 9. The maximum Gasteiger partial charge on any atom is 0.127 e. The average Bonchev–Trinajstić information content (AvgIpc) is 2.61. The molecule has 0 spiro atoms. The number of hydrogen-bond donors (Lipinski definition) is 0. The van der Waals surface area contributed by atoms with Gasteiger partial charge in [-0.05, 0) is 54.9 Å². The lowest BCUT2D eigenvalue weighted by atomic mass is 9.92. The summed E-state index contributed by atoms with van der Waals surface area (Å²) in [5.41, 5.74) is 5.30. The molecule has 124 valence electrons. The highest BCUT2D eigenvalue weighted by atomic mass is 35.5. The van der Waals surface area contributed by atoms with Crippen LogP contribution in [0.25, 0.3) is 11.1 Å². The van der Waals surface area contributed by atoms with E-state index in [0.29, 0.717) is 0 Å². The number of ether oxygens (including phenoxy) is 1. The molecule has 0 heterocycles. The van der Waals surface area contributed by atoms with Gasteiger partial charge in [-0.25, -0.2) is 0 Å². The van der Waals surface area contributed by atoms with Crippen LogP contribution in [0, 0.1) is 0 Å². The van der Waals surface area contributed by atoms with Gasteiger partial charge in [0.2, 0.25) is 0 Å². The van der Waals surface area contributed by atoms with Gasteiger partial charge in [-0.2, -0.15) is 0 Å². The molecule has 0 unspecified atom stereocenters. The molecule has 0 aliphatic rings. The third-order valence-corrected chi connectivity index (χ3v) is 4.46. The minimum atomic E-state index is 0.737. The molecule has 0 atom stereocenters. The molecule has 2 rings (SSSR count). The largest absolute Gasteiger partial charge is 0.493 e. The van der Waals surface area contributed by atoms with E-state index < -0.39 is 0 Å². The van der Waals surface area contributed by atoms with Crippen LogP contribution in [0.4, 0.5) is 0 Å². The summed E-state index contributed by atoms with van der Waals surface area (Å²) in [6.45, 7) is 5.17. The molecule has 2 aromatic rings. The zero-order valence-electron chi connectivity index (χ0n) is 14.3. The molecule has 2 heteroatoms. The first-order valence-corrected chi connectivity index (χ1v) is 9.24. The van der Waals surface area contributed by atoms with Gasteiger partial charge in [0.15, 0.2) is 0 Å². The number of halogens is 1. The Bertz CT molecular complexity index is 607. The van der Waals surface area contributed by atoms with E-state index in [2.05, 4.69) is 56.3 Å². The Morgan fingerprint density at radius 2 is 1.57 bits per heavy atom. The fourth-order valence-corrected chi connectivity index (χ4v) is 3.11. The summed E-state index contributed by atoms with van der Waals surface area (Å²) >= 11 is 5.73. The van der Waals surface area contributed by atoms with Gasteiger partial charge in [0, 0.05) is 11.4 Å². The van der Waals surface area contributed by atoms with E-state index in [1.807, 2.05) is 0 Å². The third-order valence-electron chi connectivity index (χ3n) is 4.20. The quantitative estimate of drug-likeness (QED) is 0.389. The zero-order chi connectivity index (χ0) is 16.5.